The fourth-order valence-electron chi connectivity index (χ4n) is 3.44. The van der Waals surface area contributed by atoms with Gasteiger partial charge in [0.1, 0.15) is 11.6 Å². The van der Waals surface area contributed by atoms with Gasteiger partial charge in [0.15, 0.2) is 0 Å². The fraction of sp³-hybridized carbons (Fsp3) is 0.455. The summed E-state index contributed by atoms with van der Waals surface area (Å²) < 4.78 is 32.2. The molecule has 0 radical (unpaired) electrons. The van der Waals surface area contributed by atoms with E-state index in [9.17, 15) is 8.42 Å². The van der Waals surface area contributed by atoms with Crippen molar-refractivity contribution < 1.29 is 13.2 Å². The molecule has 0 bridgehead atoms. The second kappa shape index (κ2) is 9.65. The molecule has 0 aliphatic carbocycles. The summed E-state index contributed by atoms with van der Waals surface area (Å²) in [6, 6.07) is 7.74. The first kappa shape index (κ1) is 23.0. The quantitative estimate of drug-likeness (QED) is 0.479. The number of aromatic nitrogens is 3. The third kappa shape index (κ3) is 5.54. The van der Waals surface area contributed by atoms with Gasteiger partial charge in [-0.2, -0.15) is 0 Å². The average Bonchev–Trinajstić information content (AvgIpc) is 3.13. The van der Waals surface area contributed by atoms with Gasteiger partial charge in [-0.25, -0.2) is 18.4 Å². The Kier molecular flexibility index (Phi) is 7.17. The van der Waals surface area contributed by atoms with E-state index in [1.807, 2.05) is 25.1 Å². The first-order chi connectivity index (χ1) is 14.7. The molecule has 0 unspecified atom stereocenters. The van der Waals surface area contributed by atoms with E-state index in [2.05, 4.69) is 45.0 Å². The standard InChI is InChI=1S/C22H31N5O3S/c1-6-9-23-20-15-18(24-22(25-20)31(5,28)29)17-13-16-8-12-27(11-7-10-26(2)3)21(16)19(14-17)30-4/h8,12-15H,6-7,9-11H2,1-5H3,(H,23,24,25). The van der Waals surface area contributed by atoms with E-state index in [1.54, 1.807) is 13.2 Å². The summed E-state index contributed by atoms with van der Waals surface area (Å²) in [6.07, 6.45) is 5.10. The summed E-state index contributed by atoms with van der Waals surface area (Å²) in [5.74, 6) is 1.22. The van der Waals surface area contributed by atoms with E-state index in [0.29, 0.717) is 18.1 Å². The number of nitrogens with zero attached hydrogens (tertiary/aromatic N) is 4. The number of hydrogen-bond acceptors (Lipinski definition) is 7. The van der Waals surface area contributed by atoms with Gasteiger partial charge in [-0.15, -0.1) is 0 Å². The van der Waals surface area contributed by atoms with Gasteiger partial charge in [0.05, 0.1) is 18.3 Å². The molecule has 0 spiro atoms. The molecule has 0 fully saturated rings. The molecule has 1 aromatic carbocycles. The molecule has 0 aliphatic rings. The normalized spacial score (nSPS) is 11.9. The van der Waals surface area contributed by atoms with Gasteiger partial charge in [0.25, 0.3) is 0 Å². The van der Waals surface area contributed by atoms with Crippen LogP contribution in [0.15, 0.2) is 35.6 Å². The molecule has 0 amide bonds. The van der Waals surface area contributed by atoms with Gasteiger partial charge in [-0.3, -0.25) is 0 Å². The second-order valence-electron chi connectivity index (χ2n) is 7.90. The van der Waals surface area contributed by atoms with Gasteiger partial charge in [0, 0.05) is 42.6 Å². The highest BCUT2D eigenvalue weighted by molar-refractivity contribution is 7.90. The third-order valence-corrected chi connectivity index (χ3v) is 5.78. The monoisotopic (exact) mass is 445 g/mol. The second-order valence-corrected chi connectivity index (χ2v) is 9.81. The number of benzene rings is 1. The predicted molar refractivity (Wildman–Crippen MR) is 125 cm³/mol. The molecule has 31 heavy (non-hydrogen) atoms. The summed E-state index contributed by atoms with van der Waals surface area (Å²) in [7, 11) is 2.22. The Labute approximate surface area is 184 Å². The molecule has 9 heteroatoms. The molecule has 3 rings (SSSR count). The third-order valence-electron chi connectivity index (χ3n) is 4.94. The number of fused-ring (bicyclic) bond motifs is 1. The first-order valence-electron chi connectivity index (χ1n) is 10.4. The van der Waals surface area contributed by atoms with Crippen LogP contribution in [-0.2, 0) is 16.4 Å². The minimum absolute atomic E-state index is 0.191. The Bertz CT molecular complexity index is 1160. The van der Waals surface area contributed by atoms with E-state index in [4.69, 9.17) is 4.74 Å². The van der Waals surface area contributed by atoms with Crippen molar-refractivity contribution in [1.29, 1.82) is 0 Å². The fourth-order valence-corrected chi connectivity index (χ4v) is 3.97. The van der Waals surface area contributed by atoms with Crippen LogP contribution < -0.4 is 10.1 Å². The minimum atomic E-state index is -3.55. The van der Waals surface area contributed by atoms with E-state index in [0.717, 1.165) is 54.4 Å². The Morgan fingerprint density at radius 1 is 1.19 bits per heavy atom. The molecule has 0 saturated heterocycles. The summed E-state index contributed by atoms with van der Waals surface area (Å²) in [5, 5.41) is 3.99. The Morgan fingerprint density at radius 3 is 2.61 bits per heavy atom. The van der Waals surface area contributed by atoms with E-state index in [-0.39, 0.29) is 5.16 Å². The average molecular weight is 446 g/mol. The number of aryl methyl sites for hydroxylation is 1. The Balaban J connectivity index is 2.06. The zero-order chi connectivity index (χ0) is 22.6. The predicted octanol–water partition coefficient (Wildman–Crippen LogP) is 3.28. The number of methoxy groups -OCH3 is 1. The van der Waals surface area contributed by atoms with Crippen molar-refractivity contribution in [3.8, 4) is 17.0 Å². The molecule has 1 N–H and O–H groups in total. The van der Waals surface area contributed by atoms with Crippen LogP contribution in [0.2, 0.25) is 0 Å². The maximum Gasteiger partial charge on any atom is 0.249 e. The molecule has 0 atom stereocenters. The van der Waals surface area contributed by atoms with Gasteiger partial charge < -0.3 is 19.5 Å². The Morgan fingerprint density at radius 2 is 1.97 bits per heavy atom. The molecular formula is C22H31N5O3S. The lowest BCUT2D eigenvalue weighted by Gasteiger charge is -2.14. The highest BCUT2D eigenvalue weighted by atomic mass is 32.2. The first-order valence-corrected chi connectivity index (χ1v) is 12.3. The number of nitrogens with one attached hydrogen (secondary N) is 1. The zero-order valence-corrected chi connectivity index (χ0v) is 19.7. The topological polar surface area (TPSA) is 89.4 Å². The molecule has 3 aromatic rings. The van der Waals surface area contributed by atoms with Crippen molar-refractivity contribution in [2.75, 3.05) is 45.9 Å². The van der Waals surface area contributed by atoms with Crippen LogP contribution in [0, 0.1) is 0 Å². The van der Waals surface area contributed by atoms with Gasteiger partial charge in [-0.1, -0.05) is 6.92 Å². The molecule has 0 aliphatic heterocycles. The van der Waals surface area contributed by atoms with Crippen molar-refractivity contribution >= 4 is 26.6 Å². The Hall–Kier alpha value is -2.65. The van der Waals surface area contributed by atoms with Crippen molar-refractivity contribution in [3.63, 3.8) is 0 Å². The minimum Gasteiger partial charge on any atom is -0.495 e. The van der Waals surface area contributed by atoms with E-state index in [1.165, 1.54) is 0 Å². The number of rotatable bonds is 10. The summed E-state index contributed by atoms with van der Waals surface area (Å²) in [6.45, 7) is 4.61. The molecule has 2 aromatic heterocycles. The molecule has 168 valence electrons. The van der Waals surface area contributed by atoms with Crippen molar-refractivity contribution in [3.05, 3.63) is 30.5 Å². The van der Waals surface area contributed by atoms with Crippen LogP contribution in [0.25, 0.3) is 22.2 Å². The largest absolute Gasteiger partial charge is 0.495 e. The van der Waals surface area contributed by atoms with Crippen LogP contribution in [0.3, 0.4) is 0 Å². The summed E-state index contributed by atoms with van der Waals surface area (Å²) in [5.41, 5.74) is 2.34. The van der Waals surface area contributed by atoms with E-state index >= 15 is 0 Å². The van der Waals surface area contributed by atoms with Gasteiger partial charge >= 0.3 is 0 Å². The number of hydrogen-bond donors (Lipinski definition) is 1. The highest BCUT2D eigenvalue weighted by Gasteiger charge is 2.17. The lowest BCUT2D eigenvalue weighted by molar-refractivity contribution is 0.386. The number of anilines is 1. The van der Waals surface area contributed by atoms with Crippen LogP contribution in [0.1, 0.15) is 19.8 Å². The van der Waals surface area contributed by atoms with Crippen LogP contribution in [0.5, 0.6) is 5.75 Å². The van der Waals surface area contributed by atoms with Crippen molar-refractivity contribution in [1.82, 2.24) is 19.4 Å². The number of sulfone groups is 1. The van der Waals surface area contributed by atoms with E-state index < -0.39 is 9.84 Å². The van der Waals surface area contributed by atoms with Crippen molar-refractivity contribution in [2.24, 2.45) is 0 Å². The molecule has 0 saturated carbocycles. The SMILES string of the molecule is CCCNc1cc(-c2cc(OC)c3c(ccn3CCCN(C)C)c2)nc(S(C)(=O)=O)n1. The molecule has 2 heterocycles. The lowest BCUT2D eigenvalue weighted by atomic mass is 10.1. The number of ether oxygens (including phenoxy) is 1. The maximum absolute atomic E-state index is 12.1. The van der Waals surface area contributed by atoms with Gasteiger partial charge in [-0.05, 0) is 51.7 Å². The zero-order valence-electron chi connectivity index (χ0n) is 18.8. The molecular weight excluding hydrogens is 414 g/mol. The van der Waals surface area contributed by atoms with Gasteiger partial charge in [0.2, 0.25) is 15.0 Å². The lowest BCUT2D eigenvalue weighted by Crippen LogP contribution is -2.14. The van der Waals surface area contributed by atoms with Crippen LogP contribution >= 0.6 is 0 Å². The maximum atomic E-state index is 12.1. The van der Waals surface area contributed by atoms with Crippen LogP contribution in [0.4, 0.5) is 5.82 Å². The molecule has 8 nitrogen and oxygen atoms in total. The van der Waals surface area contributed by atoms with Crippen molar-refractivity contribution in [2.45, 2.75) is 31.5 Å². The smallest absolute Gasteiger partial charge is 0.249 e. The summed E-state index contributed by atoms with van der Waals surface area (Å²) in [4.78, 5) is 10.7. The highest BCUT2D eigenvalue weighted by Crippen LogP contribution is 2.33. The van der Waals surface area contributed by atoms with Crippen LogP contribution in [-0.4, -0.2) is 68.4 Å². The summed E-state index contributed by atoms with van der Waals surface area (Å²) >= 11 is 0.